The average molecular weight is 370 g/mol. The minimum absolute atomic E-state index is 0.0804. The van der Waals surface area contributed by atoms with E-state index in [2.05, 4.69) is 19.2 Å². The molecule has 0 aliphatic heterocycles. The minimum Gasteiger partial charge on any atom is -0.326 e. The molecule has 0 aliphatic rings. The van der Waals surface area contributed by atoms with Gasteiger partial charge in [0.25, 0.3) is 0 Å². The molecule has 0 bridgehead atoms. The van der Waals surface area contributed by atoms with Gasteiger partial charge in [-0.05, 0) is 41.7 Å². The molecule has 2 nitrogen and oxygen atoms in total. The number of anilines is 1. The number of nitrogens with one attached hydrogen (secondary N) is 1. The third-order valence-corrected chi connectivity index (χ3v) is 4.17. The predicted octanol–water partition coefficient (Wildman–Crippen LogP) is 6.05. The summed E-state index contributed by atoms with van der Waals surface area (Å²) in [6.45, 7) is 4.20. The molecular formula is C19H19ClF3NO. The van der Waals surface area contributed by atoms with Crippen LogP contribution in [0.4, 0.5) is 18.9 Å². The molecule has 0 saturated heterocycles. The fourth-order valence-corrected chi connectivity index (χ4v) is 2.60. The first-order valence-electron chi connectivity index (χ1n) is 7.92. The molecule has 0 aromatic heterocycles. The maximum Gasteiger partial charge on any atom is 0.417 e. The van der Waals surface area contributed by atoms with Crippen LogP contribution in [0.1, 0.15) is 42.9 Å². The van der Waals surface area contributed by atoms with Crippen LogP contribution in [0.2, 0.25) is 5.02 Å². The Kier molecular flexibility index (Phi) is 6.11. The third-order valence-electron chi connectivity index (χ3n) is 3.84. The van der Waals surface area contributed by atoms with E-state index in [1.807, 2.05) is 24.3 Å². The molecule has 2 aromatic carbocycles. The molecule has 0 atom stereocenters. The lowest BCUT2D eigenvalue weighted by atomic mass is 10.0. The van der Waals surface area contributed by atoms with Gasteiger partial charge in [0.2, 0.25) is 5.91 Å². The van der Waals surface area contributed by atoms with E-state index in [1.54, 1.807) is 0 Å². The number of aryl methyl sites for hydroxylation is 1. The van der Waals surface area contributed by atoms with Crippen molar-refractivity contribution in [1.82, 2.24) is 0 Å². The van der Waals surface area contributed by atoms with E-state index in [0.717, 1.165) is 17.7 Å². The van der Waals surface area contributed by atoms with Crippen LogP contribution in [0, 0.1) is 0 Å². The lowest BCUT2D eigenvalue weighted by Gasteiger charge is -2.12. The maximum atomic E-state index is 12.8. The third kappa shape index (κ3) is 5.49. The predicted molar refractivity (Wildman–Crippen MR) is 93.9 cm³/mol. The molecular weight excluding hydrogens is 351 g/mol. The second-order valence-corrected chi connectivity index (χ2v) is 6.54. The molecule has 0 spiro atoms. The van der Waals surface area contributed by atoms with Crippen molar-refractivity contribution in [3.63, 3.8) is 0 Å². The van der Waals surface area contributed by atoms with Gasteiger partial charge in [-0.2, -0.15) is 13.2 Å². The van der Waals surface area contributed by atoms with Gasteiger partial charge in [0, 0.05) is 12.1 Å². The van der Waals surface area contributed by atoms with Crippen LogP contribution in [-0.4, -0.2) is 5.91 Å². The fourth-order valence-electron chi connectivity index (χ4n) is 2.37. The molecule has 2 aromatic rings. The van der Waals surface area contributed by atoms with Crippen LogP contribution < -0.4 is 5.32 Å². The van der Waals surface area contributed by atoms with Crippen molar-refractivity contribution in [2.75, 3.05) is 5.32 Å². The highest BCUT2D eigenvalue weighted by Crippen LogP contribution is 2.36. The summed E-state index contributed by atoms with van der Waals surface area (Å²) >= 11 is 5.56. The van der Waals surface area contributed by atoms with E-state index >= 15 is 0 Å². The second-order valence-electron chi connectivity index (χ2n) is 6.14. The number of halogens is 4. The van der Waals surface area contributed by atoms with Crippen LogP contribution in [-0.2, 0) is 17.4 Å². The molecule has 6 heteroatoms. The summed E-state index contributed by atoms with van der Waals surface area (Å²) in [7, 11) is 0. The van der Waals surface area contributed by atoms with Gasteiger partial charge < -0.3 is 5.32 Å². The van der Waals surface area contributed by atoms with Crippen molar-refractivity contribution in [3.8, 4) is 0 Å². The van der Waals surface area contributed by atoms with E-state index in [9.17, 15) is 18.0 Å². The van der Waals surface area contributed by atoms with E-state index in [1.165, 1.54) is 11.6 Å². The van der Waals surface area contributed by atoms with Crippen LogP contribution in [0.25, 0.3) is 0 Å². The summed E-state index contributed by atoms with van der Waals surface area (Å²) in [6.07, 6.45) is -3.86. The Morgan fingerprint density at radius 2 is 1.76 bits per heavy atom. The summed E-state index contributed by atoms with van der Waals surface area (Å²) in [5, 5.41) is 2.09. The van der Waals surface area contributed by atoms with E-state index in [4.69, 9.17) is 11.6 Å². The molecule has 25 heavy (non-hydrogen) atoms. The smallest absolute Gasteiger partial charge is 0.326 e. The Morgan fingerprint density at radius 3 is 2.32 bits per heavy atom. The zero-order valence-electron chi connectivity index (χ0n) is 14.0. The standard InChI is InChI=1S/C19H19ClF3NO/c1-12(2)14-6-3-13(4-7-14)5-10-18(25)24-15-8-9-17(20)16(11-15)19(21,22)23/h3-4,6-9,11-12H,5,10H2,1-2H3,(H,24,25). The first-order chi connectivity index (χ1) is 11.7. The van der Waals surface area contributed by atoms with E-state index in [0.29, 0.717) is 12.3 Å². The Hall–Kier alpha value is -2.01. The van der Waals surface area contributed by atoms with Crippen LogP contribution in [0.5, 0.6) is 0 Å². The quantitative estimate of drug-likeness (QED) is 0.682. The van der Waals surface area contributed by atoms with Crippen LogP contribution in [0.15, 0.2) is 42.5 Å². The summed E-state index contributed by atoms with van der Waals surface area (Å²) in [4.78, 5) is 12.0. The number of hydrogen-bond acceptors (Lipinski definition) is 1. The average Bonchev–Trinajstić information content (AvgIpc) is 2.54. The number of carbonyl (C=O) groups excluding carboxylic acids is 1. The topological polar surface area (TPSA) is 29.1 Å². The Morgan fingerprint density at radius 1 is 1.12 bits per heavy atom. The Labute approximate surface area is 150 Å². The first kappa shape index (κ1) is 19.3. The van der Waals surface area contributed by atoms with Crippen molar-refractivity contribution in [2.24, 2.45) is 0 Å². The van der Waals surface area contributed by atoms with Gasteiger partial charge in [0.05, 0.1) is 10.6 Å². The summed E-state index contributed by atoms with van der Waals surface area (Å²) in [5.41, 5.74) is 1.34. The minimum atomic E-state index is -4.56. The highest BCUT2D eigenvalue weighted by molar-refractivity contribution is 6.31. The second kappa shape index (κ2) is 7.91. The SMILES string of the molecule is CC(C)c1ccc(CCC(=O)Nc2ccc(Cl)c(C(F)(F)F)c2)cc1. The monoisotopic (exact) mass is 369 g/mol. The maximum absolute atomic E-state index is 12.8. The fraction of sp³-hybridized carbons (Fsp3) is 0.316. The van der Waals surface area contributed by atoms with Crippen molar-refractivity contribution >= 4 is 23.2 Å². The van der Waals surface area contributed by atoms with Crippen LogP contribution in [0.3, 0.4) is 0 Å². The highest BCUT2D eigenvalue weighted by atomic mass is 35.5. The van der Waals surface area contributed by atoms with E-state index in [-0.39, 0.29) is 18.0 Å². The first-order valence-corrected chi connectivity index (χ1v) is 8.30. The molecule has 2 rings (SSSR count). The van der Waals surface area contributed by atoms with E-state index < -0.39 is 16.8 Å². The molecule has 0 radical (unpaired) electrons. The number of amides is 1. The number of hydrogen-bond donors (Lipinski definition) is 1. The number of rotatable bonds is 5. The van der Waals surface area contributed by atoms with Gasteiger partial charge in [0.15, 0.2) is 0 Å². The summed E-state index contributed by atoms with van der Waals surface area (Å²) in [6, 6.07) is 11.3. The van der Waals surface area contributed by atoms with Gasteiger partial charge >= 0.3 is 6.18 Å². The normalized spacial score (nSPS) is 11.6. The summed E-state index contributed by atoms with van der Waals surface area (Å²) in [5.74, 6) is 0.0912. The Balaban J connectivity index is 1.96. The molecule has 1 amide bonds. The molecule has 0 saturated carbocycles. The van der Waals surface area contributed by atoms with Gasteiger partial charge in [-0.15, -0.1) is 0 Å². The zero-order valence-corrected chi connectivity index (χ0v) is 14.7. The molecule has 134 valence electrons. The number of alkyl halides is 3. The Bertz CT molecular complexity index is 739. The lowest BCUT2D eigenvalue weighted by Crippen LogP contribution is -2.14. The largest absolute Gasteiger partial charge is 0.417 e. The van der Waals surface area contributed by atoms with Crippen molar-refractivity contribution in [3.05, 3.63) is 64.2 Å². The summed E-state index contributed by atoms with van der Waals surface area (Å²) < 4.78 is 38.5. The molecule has 0 heterocycles. The van der Waals surface area contributed by atoms with Gasteiger partial charge in [0.1, 0.15) is 0 Å². The molecule has 0 unspecified atom stereocenters. The van der Waals surface area contributed by atoms with Gasteiger partial charge in [-0.3, -0.25) is 4.79 Å². The van der Waals surface area contributed by atoms with Gasteiger partial charge in [-0.1, -0.05) is 49.7 Å². The molecule has 1 N–H and O–H groups in total. The number of carbonyl (C=O) groups is 1. The van der Waals surface area contributed by atoms with Gasteiger partial charge in [-0.25, -0.2) is 0 Å². The van der Waals surface area contributed by atoms with Crippen molar-refractivity contribution in [2.45, 2.75) is 38.8 Å². The number of benzene rings is 2. The molecule has 0 aliphatic carbocycles. The van der Waals surface area contributed by atoms with Crippen molar-refractivity contribution < 1.29 is 18.0 Å². The highest BCUT2D eigenvalue weighted by Gasteiger charge is 2.33. The lowest BCUT2D eigenvalue weighted by molar-refractivity contribution is -0.137. The zero-order chi connectivity index (χ0) is 18.6. The van der Waals surface area contributed by atoms with Crippen molar-refractivity contribution in [1.29, 1.82) is 0 Å². The van der Waals surface area contributed by atoms with Crippen LogP contribution >= 0.6 is 11.6 Å². The molecule has 0 fully saturated rings.